The second kappa shape index (κ2) is 19.8. The van der Waals surface area contributed by atoms with Crippen molar-refractivity contribution in [3.8, 4) is 11.1 Å². The minimum Gasteiger partial charge on any atom is -0.399 e. The highest BCUT2D eigenvalue weighted by molar-refractivity contribution is 9.10. The summed E-state index contributed by atoms with van der Waals surface area (Å²) in [4.78, 5) is 6.56. The fourth-order valence-electron chi connectivity index (χ4n) is 8.99. The third kappa shape index (κ3) is 9.50. The Hall–Kier alpha value is -6.70. The van der Waals surface area contributed by atoms with Crippen molar-refractivity contribution in [1.82, 2.24) is 9.97 Å². The van der Waals surface area contributed by atoms with Crippen LogP contribution in [0, 0.1) is 0 Å². The molecule has 326 valence electrons. The maximum atomic E-state index is 6.09. The average Bonchev–Trinajstić information content (AvgIpc) is 4.09. The Kier molecular flexibility index (Phi) is 13.4. The van der Waals surface area contributed by atoms with Gasteiger partial charge in [0.25, 0.3) is 0 Å². The summed E-state index contributed by atoms with van der Waals surface area (Å²) in [5.74, 6) is 0.445. The summed E-state index contributed by atoms with van der Waals surface area (Å²) in [7, 11) is -0.297. The molecule has 0 bridgehead atoms. The zero-order valence-corrected chi connectivity index (χ0v) is 39.5. The minimum atomic E-state index is -0.297. The van der Waals surface area contributed by atoms with E-state index in [-0.39, 0.29) is 30.2 Å². The van der Waals surface area contributed by atoms with Crippen molar-refractivity contribution in [3.63, 3.8) is 0 Å². The summed E-state index contributed by atoms with van der Waals surface area (Å²) in [6.45, 7) is 8.29. The molecule has 1 aliphatic rings. The molecule has 0 radical (unpaired) electrons. The lowest BCUT2D eigenvalue weighted by Crippen LogP contribution is -2.41. The first-order valence-corrected chi connectivity index (χ1v) is 23.5. The lowest BCUT2D eigenvalue weighted by Gasteiger charge is -2.32. The number of aromatic amines is 2. The van der Waals surface area contributed by atoms with E-state index in [1.807, 2.05) is 18.5 Å². The van der Waals surface area contributed by atoms with Crippen LogP contribution in [0.1, 0.15) is 72.9 Å². The van der Waals surface area contributed by atoms with E-state index < -0.39 is 0 Å². The Bertz CT molecular complexity index is 3030. The van der Waals surface area contributed by atoms with E-state index in [1.54, 1.807) is 0 Å². The summed E-state index contributed by atoms with van der Waals surface area (Å²) in [5.41, 5.74) is 13.2. The molecule has 4 nitrogen and oxygen atoms in total. The van der Waals surface area contributed by atoms with Crippen LogP contribution in [0.4, 0.5) is 0 Å². The molecule has 1 saturated heterocycles. The van der Waals surface area contributed by atoms with Crippen molar-refractivity contribution in [2.75, 3.05) is 0 Å². The molecular formula is C60H54BBrN2O2. The maximum Gasteiger partial charge on any atom is 0.495 e. The first-order valence-electron chi connectivity index (χ1n) is 22.7. The zero-order valence-electron chi connectivity index (χ0n) is 37.9. The van der Waals surface area contributed by atoms with Crippen LogP contribution in [-0.4, -0.2) is 28.3 Å². The highest BCUT2D eigenvalue weighted by Crippen LogP contribution is 2.41. The second-order valence-electron chi connectivity index (χ2n) is 17.7. The van der Waals surface area contributed by atoms with E-state index in [4.69, 9.17) is 9.31 Å². The summed E-state index contributed by atoms with van der Waals surface area (Å²) in [6, 6.07) is 77.0. The van der Waals surface area contributed by atoms with Gasteiger partial charge in [-0.1, -0.05) is 204 Å². The molecule has 0 aliphatic carbocycles. The number of aromatic nitrogens is 2. The number of hydrogen-bond donors (Lipinski definition) is 2. The molecule has 66 heavy (non-hydrogen) atoms. The van der Waals surface area contributed by atoms with Crippen molar-refractivity contribution in [3.05, 3.63) is 269 Å². The Labute approximate surface area is 398 Å². The van der Waals surface area contributed by atoms with Crippen molar-refractivity contribution < 1.29 is 9.31 Å². The van der Waals surface area contributed by atoms with Gasteiger partial charge in [-0.05, 0) is 113 Å². The van der Waals surface area contributed by atoms with Gasteiger partial charge in [0.1, 0.15) is 0 Å². The van der Waals surface area contributed by atoms with Gasteiger partial charge in [-0.3, -0.25) is 0 Å². The van der Waals surface area contributed by atoms with Crippen LogP contribution in [-0.2, 0) is 9.31 Å². The first kappa shape index (κ1) is 44.5. The molecule has 1 fully saturated rings. The molecule has 0 saturated carbocycles. The van der Waals surface area contributed by atoms with Crippen LogP contribution in [0.5, 0.6) is 0 Å². The number of halogens is 1. The van der Waals surface area contributed by atoms with Crippen molar-refractivity contribution in [1.29, 1.82) is 0 Å². The number of rotatable bonds is 8. The van der Waals surface area contributed by atoms with Crippen LogP contribution in [0.2, 0.25) is 0 Å². The fourth-order valence-corrected chi connectivity index (χ4v) is 9.51. The van der Waals surface area contributed by atoms with E-state index in [1.165, 1.54) is 55.4 Å². The smallest absolute Gasteiger partial charge is 0.399 e. The topological polar surface area (TPSA) is 50.0 Å². The summed E-state index contributed by atoms with van der Waals surface area (Å²) < 4.78 is 13.3. The molecule has 11 rings (SSSR count). The lowest BCUT2D eigenvalue weighted by atomic mass is 9.77. The lowest BCUT2D eigenvalue weighted by molar-refractivity contribution is 0.00578. The van der Waals surface area contributed by atoms with Crippen molar-refractivity contribution in [2.24, 2.45) is 0 Å². The first-order chi connectivity index (χ1) is 32.2. The van der Waals surface area contributed by atoms with Crippen molar-refractivity contribution >= 4 is 50.3 Å². The zero-order chi connectivity index (χ0) is 45.5. The Morgan fingerprint density at radius 1 is 0.394 bits per heavy atom. The number of nitrogens with one attached hydrogen (secondary N) is 2. The van der Waals surface area contributed by atoms with Gasteiger partial charge in [-0.15, -0.1) is 0 Å². The molecule has 0 unspecified atom stereocenters. The Balaban J connectivity index is 0.000000129. The van der Waals surface area contributed by atoms with Crippen LogP contribution >= 0.6 is 15.9 Å². The number of benzene rings is 8. The molecule has 6 heteroatoms. The monoisotopic (exact) mass is 924 g/mol. The minimum absolute atomic E-state index is 0.188. The largest absolute Gasteiger partial charge is 0.495 e. The molecule has 3 heterocycles. The number of fused-ring (bicyclic) bond motifs is 2. The summed E-state index contributed by atoms with van der Waals surface area (Å²) in [5, 5.41) is 2.42. The maximum absolute atomic E-state index is 6.09. The Morgan fingerprint density at radius 2 is 0.788 bits per heavy atom. The predicted octanol–water partition coefficient (Wildman–Crippen LogP) is 15.1. The van der Waals surface area contributed by atoms with Gasteiger partial charge in [0, 0.05) is 45.1 Å². The highest BCUT2D eigenvalue weighted by Gasteiger charge is 2.52. The van der Waals surface area contributed by atoms with E-state index in [2.05, 4.69) is 266 Å². The molecule has 0 atom stereocenters. The third-order valence-corrected chi connectivity index (χ3v) is 13.8. The van der Waals surface area contributed by atoms with Gasteiger partial charge in [0.05, 0.1) is 11.2 Å². The summed E-state index contributed by atoms with van der Waals surface area (Å²) >= 11 is 3.69. The van der Waals surface area contributed by atoms with Gasteiger partial charge < -0.3 is 19.3 Å². The van der Waals surface area contributed by atoms with E-state index >= 15 is 0 Å². The molecule has 2 N–H and O–H groups in total. The van der Waals surface area contributed by atoms with Gasteiger partial charge in [0.15, 0.2) is 0 Å². The van der Waals surface area contributed by atoms with Crippen LogP contribution in [0.15, 0.2) is 235 Å². The molecule has 0 spiro atoms. The average molecular weight is 926 g/mol. The normalized spacial score (nSPS) is 13.9. The molecule has 1 aliphatic heterocycles. The predicted molar refractivity (Wildman–Crippen MR) is 280 cm³/mol. The SMILES string of the molecule is Brc1ccccc1C(c1ccccc1)c1ccccc1.CC1(C)OB(c2cccc3[nH]ccc23)OC1(C)C.c1ccc(C(c2ccccc2)c2ccccc2-c2cccc3[nH]ccc23)cc1. The number of hydrogen-bond acceptors (Lipinski definition) is 2. The standard InChI is InChI=1S/C27H21N.C19H15Br.C14H18BNO2/c1-3-10-20(11-4-1)27(21-12-5-2-6-13-21)25-15-8-7-14-23(25)22-16-9-17-26-24(22)18-19-28-26;20-18-14-8-7-13-17(18)19(15-9-3-1-4-10-15)16-11-5-2-6-12-16;1-13(2)14(3,4)18-15(17-13)11-6-5-7-12-10(11)8-9-16-12/h1-19,27-28H;1-14,19H;5-9,16H,1-4H3. The van der Waals surface area contributed by atoms with Crippen molar-refractivity contribution in [2.45, 2.75) is 50.7 Å². The van der Waals surface area contributed by atoms with Crippen LogP contribution in [0.3, 0.4) is 0 Å². The fraction of sp³-hybridized carbons (Fsp3) is 0.133. The van der Waals surface area contributed by atoms with Gasteiger partial charge in [-0.25, -0.2) is 0 Å². The second-order valence-corrected chi connectivity index (χ2v) is 18.6. The molecular weight excluding hydrogens is 871 g/mol. The third-order valence-electron chi connectivity index (χ3n) is 13.0. The van der Waals surface area contributed by atoms with Crippen LogP contribution in [0.25, 0.3) is 32.9 Å². The van der Waals surface area contributed by atoms with Gasteiger partial charge >= 0.3 is 7.12 Å². The van der Waals surface area contributed by atoms with Gasteiger partial charge in [-0.2, -0.15) is 0 Å². The van der Waals surface area contributed by atoms with Crippen LogP contribution < -0.4 is 5.46 Å². The number of H-pyrrole nitrogens is 2. The van der Waals surface area contributed by atoms with E-state index in [0.29, 0.717) is 0 Å². The molecule has 0 amide bonds. The summed E-state index contributed by atoms with van der Waals surface area (Å²) in [6.07, 6.45) is 3.96. The Morgan fingerprint density at radius 3 is 1.30 bits per heavy atom. The quantitative estimate of drug-likeness (QED) is 0.118. The van der Waals surface area contributed by atoms with E-state index in [9.17, 15) is 0 Å². The molecule has 10 aromatic rings. The molecule has 8 aromatic carbocycles. The molecule has 2 aromatic heterocycles. The van der Waals surface area contributed by atoms with E-state index in [0.717, 1.165) is 20.8 Å². The van der Waals surface area contributed by atoms with Gasteiger partial charge in [0.2, 0.25) is 0 Å². The highest BCUT2D eigenvalue weighted by atomic mass is 79.9.